The number of carbonyl (C=O) groups is 2. The highest BCUT2D eigenvalue weighted by Crippen LogP contribution is 2.22. The molecule has 0 aromatic carbocycles. The molecule has 0 aromatic heterocycles. The van der Waals surface area contributed by atoms with Crippen molar-refractivity contribution in [2.24, 2.45) is 0 Å². The van der Waals surface area contributed by atoms with E-state index in [0.29, 0.717) is 13.0 Å². The van der Waals surface area contributed by atoms with Crippen LogP contribution in [-0.4, -0.2) is 35.0 Å². The predicted octanol–water partition coefficient (Wildman–Crippen LogP) is 2.76. The van der Waals surface area contributed by atoms with E-state index in [9.17, 15) is 9.59 Å². The average Bonchev–Trinajstić information content (AvgIpc) is 2.63. The minimum Gasteiger partial charge on any atom is -0.444 e. The molecule has 1 aliphatic rings. The van der Waals surface area contributed by atoms with Crippen molar-refractivity contribution in [1.29, 1.82) is 0 Å². The number of nitrogens with zero attached hydrogens (tertiary/aromatic N) is 1. The molecule has 0 saturated carbocycles. The molecule has 98 valence electrons. The van der Waals surface area contributed by atoms with Crippen molar-refractivity contribution in [3.8, 4) is 0 Å². The lowest BCUT2D eigenvalue weighted by Gasteiger charge is -2.27. The van der Waals surface area contributed by atoms with Gasteiger partial charge in [0, 0.05) is 13.0 Å². The van der Waals surface area contributed by atoms with Gasteiger partial charge in [-0.15, -0.1) is 0 Å². The Morgan fingerprint density at radius 2 is 2.00 bits per heavy atom. The first kappa shape index (κ1) is 14.0. The number of Topliss-reactive ketones (excluding diaryl/α,β-unsaturated/α-hetero) is 1. The van der Waals surface area contributed by atoms with Crippen LogP contribution >= 0.6 is 0 Å². The Labute approximate surface area is 103 Å². The van der Waals surface area contributed by atoms with Gasteiger partial charge >= 0.3 is 6.09 Å². The molecule has 0 bridgehead atoms. The second-order valence-electron chi connectivity index (χ2n) is 5.55. The molecule has 1 amide bonds. The van der Waals surface area contributed by atoms with Crippen LogP contribution < -0.4 is 0 Å². The summed E-state index contributed by atoms with van der Waals surface area (Å²) >= 11 is 0. The molecule has 0 unspecified atom stereocenters. The molecule has 0 radical (unpaired) electrons. The van der Waals surface area contributed by atoms with Crippen LogP contribution in [0.2, 0.25) is 0 Å². The van der Waals surface area contributed by atoms with E-state index in [0.717, 1.165) is 19.3 Å². The summed E-state index contributed by atoms with van der Waals surface area (Å²) < 4.78 is 5.31. The van der Waals surface area contributed by atoms with Gasteiger partial charge in [-0.3, -0.25) is 9.69 Å². The number of carbonyl (C=O) groups excluding carboxylic acids is 2. The number of hydrogen-bond acceptors (Lipinski definition) is 3. The van der Waals surface area contributed by atoms with Crippen molar-refractivity contribution in [1.82, 2.24) is 4.90 Å². The van der Waals surface area contributed by atoms with Crippen molar-refractivity contribution in [3.05, 3.63) is 0 Å². The molecule has 4 nitrogen and oxygen atoms in total. The lowest BCUT2D eigenvalue weighted by Crippen LogP contribution is -2.43. The Morgan fingerprint density at radius 1 is 1.35 bits per heavy atom. The summed E-state index contributed by atoms with van der Waals surface area (Å²) in [5.74, 6) is 0.163. The van der Waals surface area contributed by atoms with E-state index in [1.807, 2.05) is 27.7 Å². The fraction of sp³-hybridized carbons (Fsp3) is 0.846. The third-order valence-corrected chi connectivity index (χ3v) is 2.75. The summed E-state index contributed by atoms with van der Waals surface area (Å²) in [6, 6.07) is -0.259. The zero-order valence-electron chi connectivity index (χ0n) is 11.3. The largest absolute Gasteiger partial charge is 0.444 e. The van der Waals surface area contributed by atoms with Crippen LogP contribution in [0.25, 0.3) is 0 Å². The monoisotopic (exact) mass is 241 g/mol. The van der Waals surface area contributed by atoms with E-state index in [1.54, 1.807) is 4.90 Å². The third kappa shape index (κ3) is 4.02. The van der Waals surface area contributed by atoms with E-state index in [4.69, 9.17) is 4.74 Å². The highest BCUT2D eigenvalue weighted by atomic mass is 16.6. The summed E-state index contributed by atoms with van der Waals surface area (Å²) in [7, 11) is 0. The molecule has 0 N–H and O–H groups in total. The standard InChI is InChI=1S/C13H23NO3/c1-5-7-11(15)10-8-6-9-14(10)12(16)17-13(2,3)4/h10H,5-9H2,1-4H3/t10-/m1/s1. The number of ether oxygens (including phenoxy) is 1. The van der Waals surface area contributed by atoms with Crippen molar-refractivity contribution >= 4 is 11.9 Å². The fourth-order valence-corrected chi connectivity index (χ4v) is 2.05. The van der Waals surface area contributed by atoms with Crippen molar-refractivity contribution < 1.29 is 14.3 Å². The van der Waals surface area contributed by atoms with E-state index in [-0.39, 0.29) is 17.9 Å². The van der Waals surface area contributed by atoms with E-state index in [1.165, 1.54) is 0 Å². The molecule has 0 spiro atoms. The van der Waals surface area contributed by atoms with E-state index in [2.05, 4.69) is 0 Å². The first-order valence-electron chi connectivity index (χ1n) is 6.37. The van der Waals surface area contributed by atoms with Crippen LogP contribution in [0.4, 0.5) is 4.79 Å². The fourth-order valence-electron chi connectivity index (χ4n) is 2.05. The maximum Gasteiger partial charge on any atom is 0.410 e. The van der Waals surface area contributed by atoms with Gasteiger partial charge in [-0.25, -0.2) is 4.79 Å². The Hall–Kier alpha value is -1.06. The molecular weight excluding hydrogens is 218 g/mol. The van der Waals surface area contributed by atoms with Crippen LogP contribution in [0, 0.1) is 0 Å². The van der Waals surface area contributed by atoms with Crippen molar-refractivity contribution in [2.45, 2.75) is 65.0 Å². The second kappa shape index (κ2) is 5.52. The molecule has 1 saturated heterocycles. The quantitative estimate of drug-likeness (QED) is 0.763. The molecule has 0 aromatic rings. The maximum atomic E-state index is 11.9. The maximum absolute atomic E-state index is 11.9. The summed E-state index contributed by atoms with van der Waals surface area (Å²) in [6.45, 7) is 8.12. The van der Waals surface area contributed by atoms with Gasteiger partial charge < -0.3 is 4.74 Å². The van der Waals surface area contributed by atoms with Gasteiger partial charge in [0.05, 0.1) is 6.04 Å². The zero-order valence-corrected chi connectivity index (χ0v) is 11.3. The van der Waals surface area contributed by atoms with Crippen molar-refractivity contribution in [3.63, 3.8) is 0 Å². The van der Waals surface area contributed by atoms with Gasteiger partial charge in [0.15, 0.2) is 5.78 Å². The molecule has 1 aliphatic heterocycles. The van der Waals surface area contributed by atoms with Crippen LogP contribution in [0.3, 0.4) is 0 Å². The minimum atomic E-state index is -0.502. The lowest BCUT2D eigenvalue weighted by atomic mass is 10.1. The van der Waals surface area contributed by atoms with E-state index < -0.39 is 5.60 Å². The van der Waals surface area contributed by atoms with Crippen LogP contribution in [0.15, 0.2) is 0 Å². The Kier molecular flexibility index (Phi) is 4.54. The molecule has 1 atom stereocenters. The van der Waals surface area contributed by atoms with Gasteiger partial charge in [-0.05, 0) is 40.0 Å². The molecule has 4 heteroatoms. The Morgan fingerprint density at radius 3 is 2.53 bits per heavy atom. The molecular formula is C13H23NO3. The predicted molar refractivity (Wildman–Crippen MR) is 65.9 cm³/mol. The minimum absolute atomic E-state index is 0.163. The SMILES string of the molecule is CCCC(=O)[C@H]1CCCN1C(=O)OC(C)(C)C. The number of rotatable bonds is 3. The van der Waals surface area contributed by atoms with Gasteiger partial charge in [0.2, 0.25) is 0 Å². The van der Waals surface area contributed by atoms with Crippen LogP contribution in [-0.2, 0) is 9.53 Å². The summed E-state index contributed by atoms with van der Waals surface area (Å²) in [6.07, 6.45) is 2.68. The summed E-state index contributed by atoms with van der Waals surface area (Å²) in [4.78, 5) is 25.4. The molecule has 1 fully saturated rings. The number of likely N-dealkylation sites (tertiary alicyclic amines) is 1. The van der Waals surface area contributed by atoms with Crippen LogP contribution in [0.1, 0.15) is 53.4 Å². The van der Waals surface area contributed by atoms with Gasteiger partial charge in [-0.1, -0.05) is 6.92 Å². The highest BCUT2D eigenvalue weighted by Gasteiger charge is 2.35. The number of hydrogen-bond donors (Lipinski definition) is 0. The first-order valence-corrected chi connectivity index (χ1v) is 6.37. The second-order valence-corrected chi connectivity index (χ2v) is 5.55. The summed E-state index contributed by atoms with van der Waals surface area (Å²) in [5.41, 5.74) is -0.502. The van der Waals surface area contributed by atoms with Gasteiger partial charge in [-0.2, -0.15) is 0 Å². The third-order valence-electron chi connectivity index (χ3n) is 2.75. The smallest absolute Gasteiger partial charge is 0.410 e. The Balaban J connectivity index is 2.63. The molecule has 0 aliphatic carbocycles. The normalized spacial score (nSPS) is 20.5. The molecule has 1 heterocycles. The van der Waals surface area contributed by atoms with Crippen molar-refractivity contribution in [2.75, 3.05) is 6.54 Å². The van der Waals surface area contributed by atoms with Crippen LogP contribution in [0.5, 0.6) is 0 Å². The zero-order chi connectivity index (χ0) is 13.1. The number of ketones is 1. The lowest BCUT2D eigenvalue weighted by molar-refractivity contribution is -0.123. The van der Waals surface area contributed by atoms with E-state index >= 15 is 0 Å². The topological polar surface area (TPSA) is 46.6 Å². The Bertz CT molecular complexity index is 294. The number of amides is 1. The van der Waals surface area contributed by atoms with Gasteiger partial charge in [0.25, 0.3) is 0 Å². The highest BCUT2D eigenvalue weighted by molar-refractivity contribution is 5.87. The van der Waals surface area contributed by atoms with Gasteiger partial charge in [0.1, 0.15) is 5.60 Å². The molecule has 17 heavy (non-hydrogen) atoms. The summed E-state index contributed by atoms with van der Waals surface area (Å²) in [5, 5.41) is 0. The molecule has 1 rings (SSSR count). The first-order chi connectivity index (χ1) is 7.85. The average molecular weight is 241 g/mol.